The lowest BCUT2D eigenvalue weighted by Gasteiger charge is -2.26. The van der Waals surface area contributed by atoms with E-state index in [1.165, 1.54) is 5.56 Å². The van der Waals surface area contributed by atoms with Crippen LogP contribution >= 0.6 is 0 Å². The third-order valence-corrected chi connectivity index (χ3v) is 4.97. The molecule has 0 aromatic heterocycles. The van der Waals surface area contributed by atoms with Crippen molar-refractivity contribution in [1.29, 1.82) is 0 Å². The van der Waals surface area contributed by atoms with E-state index in [1.807, 2.05) is 12.1 Å². The van der Waals surface area contributed by atoms with Crippen molar-refractivity contribution in [2.75, 3.05) is 0 Å². The van der Waals surface area contributed by atoms with Crippen LogP contribution in [-0.2, 0) is 4.43 Å². The molecular weight excluding hydrogens is 320 g/mol. The van der Waals surface area contributed by atoms with Crippen molar-refractivity contribution < 1.29 is 4.43 Å². The van der Waals surface area contributed by atoms with Crippen molar-refractivity contribution in [3.8, 4) is 0 Å². The van der Waals surface area contributed by atoms with Gasteiger partial charge in [0.15, 0.2) is 0 Å². The number of rotatable bonds is 8. The van der Waals surface area contributed by atoms with Crippen LogP contribution < -0.4 is 0 Å². The average Bonchev–Trinajstić information content (AvgIpc) is 2.59. The van der Waals surface area contributed by atoms with E-state index in [-0.39, 0.29) is 0 Å². The Morgan fingerprint density at radius 1 is 1.00 bits per heavy atom. The number of hydrogen-bond donors (Lipinski definition) is 0. The van der Waals surface area contributed by atoms with Gasteiger partial charge in [-0.25, -0.2) is 0 Å². The lowest BCUT2D eigenvalue weighted by molar-refractivity contribution is 0.490. The van der Waals surface area contributed by atoms with Crippen molar-refractivity contribution in [3.63, 3.8) is 0 Å². The van der Waals surface area contributed by atoms with Crippen molar-refractivity contribution in [1.82, 2.24) is 0 Å². The van der Waals surface area contributed by atoms with Gasteiger partial charge in [0, 0.05) is 11.5 Å². The summed E-state index contributed by atoms with van der Waals surface area (Å²) in [5, 5.41) is 0. The van der Waals surface area contributed by atoms with E-state index in [4.69, 9.17) is 4.43 Å². The van der Waals surface area contributed by atoms with Crippen molar-refractivity contribution in [3.05, 3.63) is 90.5 Å². The highest BCUT2D eigenvalue weighted by Crippen LogP contribution is 2.33. The maximum atomic E-state index is 6.48. The predicted octanol–water partition coefficient (Wildman–Crippen LogP) is 6.88. The number of hydrogen-bond acceptors (Lipinski definition) is 1. The zero-order chi connectivity index (χ0) is 18.3. The van der Waals surface area contributed by atoms with E-state index in [0.717, 1.165) is 17.7 Å². The Labute approximate surface area is 154 Å². The zero-order valence-electron chi connectivity index (χ0n) is 15.9. The summed E-state index contributed by atoms with van der Waals surface area (Å²) in [5.41, 5.74) is 2.47. The molecule has 25 heavy (non-hydrogen) atoms. The van der Waals surface area contributed by atoms with Gasteiger partial charge in [0.05, 0.1) is 0 Å². The number of benzene rings is 2. The van der Waals surface area contributed by atoms with E-state index in [9.17, 15) is 0 Å². The molecule has 0 unspecified atom stereocenters. The maximum Gasteiger partial charge on any atom is 0.242 e. The van der Waals surface area contributed by atoms with Gasteiger partial charge < -0.3 is 4.43 Å². The molecule has 2 aromatic carbocycles. The normalized spacial score (nSPS) is 14.6. The first-order valence-corrected chi connectivity index (χ1v) is 12.4. The van der Waals surface area contributed by atoms with Crippen LogP contribution in [0.1, 0.15) is 30.4 Å². The van der Waals surface area contributed by atoms with Crippen LogP contribution in [-0.4, -0.2) is 8.32 Å². The third kappa shape index (κ3) is 6.06. The molecule has 2 atom stereocenters. The van der Waals surface area contributed by atoms with Crippen molar-refractivity contribution in [2.45, 2.75) is 38.9 Å². The van der Waals surface area contributed by atoms with E-state index < -0.39 is 8.32 Å². The molecular formula is C23H30OSi. The molecule has 0 saturated carbocycles. The Balaban J connectivity index is 2.48. The Morgan fingerprint density at radius 2 is 1.56 bits per heavy atom. The van der Waals surface area contributed by atoms with Crippen molar-refractivity contribution >= 4 is 14.1 Å². The molecule has 132 valence electrons. The van der Waals surface area contributed by atoms with Gasteiger partial charge in [-0.1, -0.05) is 73.7 Å². The highest BCUT2D eigenvalue weighted by molar-refractivity contribution is 6.70. The summed E-state index contributed by atoms with van der Waals surface area (Å²) in [7, 11) is -1.71. The Bertz CT molecular complexity index is 683. The molecule has 0 spiro atoms. The number of allylic oxidation sites excluding steroid dienone is 2. The van der Waals surface area contributed by atoms with Crippen LogP contribution in [0.5, 0.6) is 0 Å². The highest BCUT2D eigenvalue weighted by Gasteiger charge is 2.22. The van der Waals surface area contributed by atoms with Gasteiger partial charge in [0.25, 0.3) is 0 Å². The Hall–Kier alpha value is -2.06. The van der Waals surface area contributed by atoms with Gasteiger partial charge in [0.1, 0.15) is 5.76 Å². The molecule has 2 rings (SSSR count). The van der Waals surface area contributed by atoms with E-state index in [1.54, 1.807) is 0 Å². The predicted molar refractivity (Wildman–Crippen MR) is 112 cm³/mol. The van der Waals surface area contributed by atoms with Gasteiger partial charge in [-0.05, 0) is 43.6 Å². The van der Waals surface area contributed by atoms with Gasteiger partial charge >= 0.3 is 0 Å². The van der Waals surface area contributed by atoms with E-state index in [0.29, 0.717) is 11.8 Å². The summed E-state index contributed by atoms with van der Waals surface area (Å²) in [6, 6.07) is 21.2. The molecule has 2 heteroatoms. The lowest BCUT2D eigenvalue weighted by Crippen LogP contribution is -2.25. The molecule has 0 saturated heterocycles. The topological polar surface area (TPSA) is 9.23 Å². The molecule has 0 aliphatic rings. The fourth-order valence-corrected chi connectivity index (χ4v) is 3.80. The quantitative estimate of drug-likeness (QED) is 0.286. The smallest absolute Gasteiger partial charge is 0.242 e. The average molecular weight is 351 g/mol. The fourth-order valence-electron chi connectivity index (χ4n) is 2.96. The minimum absolute atomic E-state index is 0.297. The van der Waals surface area contributed by atoms with E-state index >= 15 is 0 Å². The maximum absolute atomic E-state index is 6.48. The molecule has 0 radical (unpaired) electrons. The zero-order valence-corrected chi connectivity index (χ0v) is 16.9. The molecule has 1 nitrogen and oxygen atoms in total. The van der Waals surface area contributed by atoms with Crippen LogP contribution in [0.4, 0.5) is 0 Å². The lowest BCUT2D eigenvalue weighted by atomic mass is 9.84. The highest BCUT2D eigenvalue weighted by atomic mass is 28.4. The summed E-state index contributed by atoms with van der Waals surface area (Å²) < 4.78 is 6.48. The van der Waals surface area contributed by atoms with Gasteiger partial charge in [-0.2, -0.15) is 0 Å². The summed E-state index contributed by atoms with van der Waals surface area (Å²) in [6.07, 6.45) is 5.30. The first kappa shape index (κ1) is 19.3. The monoisotopic (exact) mass is 350 g/mol. The van der Waals surface area contributed by atoms with Gasteiger partial charge in [-0.15, -0.1) is 6.58 Å². The largest absolute Gasteiger partial charge is 0.544 e. The van der Waals surface area contributed by atoms with Crippen LogP contribution in [0, 0.1) is 5.92 Å². The summed E-state index contributed by atoms with van der Waals surface area (Å²) in [4.78, 5) is 0. The summed E-state index contributed by atoms with van der Waals surface area (Å²) in [5.74, 6) is 1.76. The van der Waals surface area contributed by atoms with E-state index in [2.05, 4.69) is 93.8 Å². The molecule has 0 fully saturated rings. The first-order chi connectivity index (χ1) is 11.9. The molecule has 2 aromatic rings. The van der Waals surface area contributed by atoms with Gasteiger partial charge in [-0.3, -0.25) is 0 Å². The van der Waals surface area contributed by atoms with Crippen LogP contribution in [0.2, 0.25) is 19.6 Å². The second-order valence-electron chi connectivity index (χ2n) is 7.55. The van der Waals surface area contributed by atoms with Crippen LogP contribution in [0.25, 0.3) is 5.76 Å². The molecule has 0 N–H and O–H groups in total. The molecule has 0 amide bonds. The Morgan fingerprint density at radius 3 is 2.08 bits per heavy atom. The second-order valence-corrected chi connectivity index (χ2v) is 12.0. The SMILES string of the molecule is C=CC[C@@H](C)[C@H](/C=C(\O[Si](C)(C)C)c1ccccc1)c1ccccc1. The van der Waals surface area contributed by atoms with Crippen molar-refractivity contribution in [2.24, 2.45) is 5.92 Å². The molecule has 0 bridgehead atoms. The minimum atomic E-state index is -1.71. The standard InChI is InChI=1S/C23H30OSi/c1-6-13-19(2)22(20-14-9-7-10-15-20)18-23(24-25(3,4)5)21-16-11-8-12-17-21/h6-12,14-19,22H,1,13H2,2-5H3/b23-18-/t19-,22+/m1/s1. The fraction of sp³-hybridized carbons (Fsp3) is 0.304. The molecule has 0 aliphatic carbocycles. The van der Waals surface area contributed by atoms with Crippen LogP contribution in [0.15, 0.2) is 79.4 Å². The van der Waals surface area contributed by atoms with Gasteiger partial charge in [0.2, 0.25) is 8.32 Å². The Kier molecular flexibility index (Phi) is 6.83. The summed E-state index contributed by atoms with van der Waals surface area (Å²) in [6.45, 7) is 12.9. The minimum Gasteiger partial charge on any atom is -0.544 e. The summed E-state index contributed by atoms with van der Waals surface area (Å²) >= 11 is 0. The molecule has 0 heterocycles. The third-order valence-electron chi connectivity index (χ3n) is 4.14. The van der Waals surface area contributed by atoms with Crippen LogP contribution in [0.3, 0.4) is 0 Å². The molecule has 0 aliphatic heterocycles. The first-order valence-electron chi connectivity index (χ1n) is 9.03. The second kappa shape index (κ2) is 8.86.